The molecule has 3 aromatic heterocycles. The number of aromatic nitrogens is 4. The minimum atomic E-state index is -0.232. The third-order valence-corrected chi connectivity index (χ3v) is 6.19. The van der Waals surface area contributed by atoms with Gasteiger partial charge in [0.05, 0.1) is 11.9 Å². The molecule has 3 aromatic rings. The summed E-state index contributed by atoms with van der Waals surface area (Å²) in [6, 6.07) is 5.77. The second kappa shape index (κ2) is 8.90. The lowest BCUT2D eigenvalue weighted by Gasteiger charge is -2.32. The van der Waals surface area contributed by atoms with Gasteiger partial charge in [-0.25, -0.2) is 9.97 Å². The lowest BCUT2D eigenvalue weighted by molar-refractivity contribution is 0.0709. The van der Waals surface area contributed by atoms with Crippen LogP contribution in [0, 0.1) is 20.8 Å². The number of carbonyl (C=O) groups is 1. The maximum absolute atomic E-state index is 13.1. The van der Waals surface area contributed by atoms with Crippen LogP contribution in [-0.4, -0.2) is 43.4 Å². The number of anilines is 2. The molecule has 0 saturated carbocycles. The molecule has 1 N–H and O–H groups in total. The molecule has 32 heavy (non-hydrogen) atoms. The van der Waals surface area contributed by atoms with Gasteiger partial charge >= 0.3 is 0 Å². The normalized spacial score (nSPS) is 14.4. The first-order valence-corrected chi connectivity index (χ1v) is 10.8. The van der Waals surface area contributed by atoms with Crippen molar-refractivity contribution in [1.29, 1.82) is 0 Å². The first-order chi connectivity index (χ1) is 15.3. The minimum absolute atomic E-state index is 0.186. The highest BCUT2D eigenvalue weighted by molar-refractivity contribution is 5.95. The van der Waals surface area contributed by atoms with Gasteiger partial charge in [0.2, 0.25) is 0 Å². The summed E-state index contributed by atoms with van der Waals surface area (Å²) in [6.07, 6.45) is 6.77. The Hall–Kier alpha value is -3.55. The molecule has 166 valence electrons. The number of nitrogens with one attached hydrogen (secondary N) is 1. The van der Waals surface area contributed by atoms with E-state index in [2.05, 4.69) is 15.3 Å². The van der Waals surface area contributed by atoms with Gasteiger partial charge < -0.3 is 14.8 Å². The predicted octanol–water partition coefficient (Wildman–Crippen LogP) is 3.26. The van der Waals surface area contributed by atoms with Crippen molar-refractivity contribution in [3.05, 3.63) is 75.2 Å². The number of rotatable bonds is 4. The average molecular weight is 433 g/mol. The molecule has 0 bridgehead atoms. The van der Waals surface area contributed by atoms with Crippen molar-refractivity contribution in [3.8, 4) is 0 Å². The van der Waals surface area contributed by atoms with E-state index in [-0.39, 0.29) is 22.9 Å². The number of pyridine rings is 2. The third-order valence-electron chi connectivity index (χ3n) is 6.19. The van der Waals surface area contributed by atoms with Crippen LogP contribution in [0.25, 0.3) is 0 Å². The van der Waals surface area contributed by atoms with Crippen LogP contribution in [0.5, 0.6) is 0 Å². The monoisotopic (exact) mass is 432 g/mol. The first kappa shape index (κ1) is 21.7. The van der Waals surface area contributed by atoms with Crippen LogP contribution in [0.1, 0.15) is 51.6 Å². The molecule has 1 aliphatic rings. The molecule has 4 rings (SSSR count). The summed E-state index contributed by atoms with van der Waals surface area (Å²) in [5.41, 5.74) is 3.54. The van der Waals surface area contributed by atoms with E-state index in [9.17, 15) is 9.59 Å². The molecule has 4 heterocycles. The lowest BCUT2D eigenvalue weighted by atomic mass is 9.93. The van der Waals surface area contributed by atoms with Crippen molar-refractivity contribution in [2.24, 2.45) is 7.05 Å². The van der Waals surface area contributed by atoms with Gasteiger partial charge in [0.25, 0.3) is 11.5 Å². The largest absolute Gasteiger partial charge is 0.338 e. The lowest BCUT2D eigenvalue weighted by Crippen LogP contribution is -2.41. The number of likely N-dealkylation sites (tertiary alicyclic amines) is 1. The number of hydrogen-bond acceptors (Lipinski definition) is 6. The summed E-state index contributed by atoms with van der Waals surface area (Å²) in [5, 5.41) is 3.24. The predicted molar refractivity (Wildman–Crippen MR) is 123 cm³/mol. The second-order valence-electron chi connectivity index (χ2n) is 8.40. The van der Waals surface area contributed by atoms with Gasteiger partial charge in [-0.05, 0) is 56.9 Å². The average Bonchev–Trinajstić information content (AvgIpc) is 2.79. The molecule has 0 aromatic carbocycles. The summed E-state index contributed by atoms with van der Waals surface area (Å²) >= 11 is 0. The Morgan fingerprint density at radius 2 is 1.88 bits per heavy atom. The molecule has 0 radical (unpaired) electrons. The molecule has 0 atom stereocenters. The Labute approximate surface area is 187 Å². The molecule has 8 nitrogen and oxygen atoms in total. The van der Waals surface area contributed by atoms with Gasteiger partial charge in [-0.15, -0.1) is 0 Å². The molecule has 1 aliphatic heterocycles. The topological polar surface area (TPSA) is 93.0 Å². The molecule has 1 fully saturated rings. The highest BCUT2D eigenvalue weighted by Crippen LogP contribution is 2.28. The van der Waals surface area contributed by atoms with Crippen LogP contribution >= 0.6 is 0 Å². The minimum Gasteiger partial charge on any atom is -0.338 e. The van der Waals surface area contributed by atoms with Gasteiger partial charge in [0.15, 0.2) is 0 Å². The summed E-state index contributed by atoms with van der Waals surface area (Å²) in [7, 11) is 1.70. The van der Waals surface area contributed by atoms with Crippen molar-refractivity contribution in [1.82, 2.24) is 24.4 Å². The number of carbonyl (C=O) groups excluding carboxylic acids is 1. The summed E-state index contributed by atoms with van der Waals surface area (Å²) in [6.45, 7) is 6.85. The number of piperidine rings is 1. The molecule has 1 amide bonds. The number of nitrogens with zero attached hydrogens (tertiary/aromatic N) is 5. The van der Waals surface area contributed by atoms with E-state index in [0.29, 0.717) is 18.9 Å². The Balaban J connectivity index is 1.46. The smallest absolute Gasteiger partial charge is 0.263 e. The van der Waals surface area contributed by atoms with Crippen molar-refractivity contribution in [2.45, 2.75) is 39.5 Å². The van der Waals surface area contributed by atoms with Crippen LogP contribution in [-0.2, 0) is 7.05 Å². The summed E-state index contributed by atoms with van der Waals surface area (Å²) in [5.74, 6) is 1.43. The van der Waals surface area contributed by atoms with Gasteiger partial charge in [-0.2, -0.15) is 0 Å². The van der Waals surface area contributed by atoms with Gasteiger partial charge in [-0.1, -0.05) is 6.07 Å². The molecule has 0 unspecified atom stereocenters. The zero-order valence-corrected chi connectivity index (χ0v) is 18.9. The van der Waals surface area contributed by atoms with Crippen LogP contribution in [0.15, 0.2) is 41.6 Å². The highest BCUT2D eigenvalue weighted by Gasteiger charge is 2.28. The van der Waals surface area contributed by atoms with E-state index in [0.717, 1.165) is 41.2 Å². The van der Waals surface area contributed by atoms with Crippen LogP contribution < -0.4 is 10.9 Å². The van der Waals surface area contributed by atoms with E-state index in [1.165, 1.54) is 4.57 Å². The number of hydrogen-bond donors (Lipinski definition) is 1. The molecular weight excluding hydrogens is 404 g/mol. The van der Waals surface area contributed by atoms with E-state index in [1.807, 2.05) is 39.0 Å². The van der Waals surface area contributed by atoms with Crippen LogP contribution in [0.3, 0.4) is 0 Å². The summed E-state index contributed by atoms with van der Waals surface area (Å²) < 4.78 is 1.53. The highest BCUT2D eigenvalue weighted by atomic mass is 16.2. The molecule has 8 heteroatoms. The van der Waals surface area contributed by atoms with Crippen LogP contribution in [0.2, 0.25) is 0 Å². The van der Waals surface area contributed by atoms with Gasteiger partial charge in [0, 0.05) is 44.1 Å². The van der Waals surface area contributed by atoms with E-state index in [4.69, 9.17) is 4.98 Å². The van der Waals surface area contributed by atoms with E-state index >= 15 is 0 Å². The van der Waals surface area contributed by atoms with Gasteiger partial charge in [-0.3, -0.25) is 14.6 Å². The van der Waals surface area contributed by atoms with Crippen molar-refractivity contribution >= 4 is 17.5 Å². The van der Waals surface area contributed by atoms with E-state index in [1.54, 1.807) is 30.5 Å². The van der Waals surface area contributed by atoms with Crippen molar-refractivity contribution in [2.75, 3.05) is 18.4 Å². The zero-order chi connectivity index (χ0) is 22.8. The van der Waals surface area contributed by atoms with Crippen molar-refractivity contribution in [3.63, 3.8) is 0 Å². The van der Waals surface area contributed by atoms with Gasteiger partial charge in [0.1, 0.15) is 17.2 Å². The zero-order valence-electron chi connectivity index (χ0n) is 18.9. The van der Waals surface area contributed by atoms with Crippen LogP contribution in [0.4, 0.5) is 11.6 Å². The second-order valence-corrected chi connectivity index (χ2v) is 8.40. The fourth-order valence-electron chi connectivity index (χ4n) is 4.15. The Morgan fingerprint density at radius 3 is 2.59 bits per heavy atom. The molecular formula is C24H28N6O2. The molecule has 0 spiro atoms. The maximum Gasteiger partial charge on any atom is 0.263 e. The number of aryl methyl sites for hydroxylation is 3. The SMILES string of the molecule is Cc1cccnc1Nc1cncc(C2CCN(C(=O)c3c(C)cc(C)n(C)c3=O)CC2)n1. The quantitative estimate of drug-likeness (QED) is 0.680. The molecule has 1 saturated heterocycles. The summed E-state index contributed by atoms with van der Waals surface area (Å²) in [4.78, 5) is 41.0. The first-order valence-electron chi connectivity index (χ1n) is 10.8. The molecule has 0 aliphatic carbocycles. The Kier molecular flexibility index (Phi) is 6.03. The standard InChI is InChI=1S/C24H28N6O2/c1-15-6-5-9-26-22(15)28-20-14-25-13-19(27-20)18-7-10-30(11-8-18)24(32)21-16(2)12-17(3)29(4)23(21)31/h5-6,9,12-14,18H,7-8,10-11H2,1-4H3,(H,26,27,28). The maximum atomic E-state index is 13.1. The van der Waals surface area contributed by atoms with Crippen molar-refractivity contribution < 1.29 is 4.79 Å². The fraction of sp³-hybridized carbons (Fsp3) is 0.375. The third kappa shape index (κ3) is 4.26. The fourth-order valence-corrected chi connectivity index (χ4v) is 4.15. The Bertz CT molecular complexity index is 1210. The van der Waals surface area contributed by atoms with E-state index < -0.39 is 0 Å². The number of amides is 1. The Morgan fingerprint density at radius 1 is 1.12 bits per heavy atom.